The van der Waals surface area contributed by atoms with E-state index in [4.69, 9.17) is 5.11 Å². The summed E-state index contributed by atoms with van der Waals surface area (Å²) in [5, 5.41) is 22.4. The first kappa shape index (κ1) is 14.8. The first-order valence-electron chi connectivity index (χ1n) is 5.89. The summed E-state index contributed by atoms with van der Waals surface area (Å²) in [5.41, 5.74) is 0.602. The summed E-state index contributed by atoms with van der Waals surface area (Å²) in [5.74, 6) is -2.14. The van der Waals surface area contributed by atoms with Crippen LogP contribution in [0.3, 0.4) is 0 Å². The summed E-state index contributed by atoms with van der Waals surface area (Å²) in [7, 11) is 0. The highest BCUT2D eigenvalue weighted by Gasteiger charge is 2.13. The van der Waals surface area contributed by atoms with Crippen molar-refractivity contribution in [3.63, 3.8) is 0 Å². The lowest BCUT2D eigenvalue weighted by Gasteiger charge is -2.08. The van der Waals surface area contributed by atoms with E-state index in [1.165, 1.54) is 16.7 Å². The van der Waals surface area contributed by atoms with Gasteiger partial charge in [-0.15, -0.1) is 0 Å². The van der Waals surface area contributed by atoms with Crippen molar-refractivity contribution in [2.75, 3.05) is 5.32 Å². The van der Waals surface area contributed by atoms with Gasteiger partial charge in [-0.1, -0.05) is 11.3 Å². The van der Waals surface area contributed by atoms with E-state index in [1.54, 1.807) is 12.3 Å². The van der Waals surface area contributed by atoms with Crippen LogP contribution in [-0.4, -0.2) is 26.7 Å². The zero-order chi connectivity index (χ0) is 15.6. The van der Waals surface area contributed by atoms with Crippen LogP contribution in [-0.2, 0) is 11.3 Å². The van der Waals surface area contributed by atoms with Crippen molar-refractivity contribution in [1.82, 2.24) is 4.57 Å². The molecule has 0 atom stereocenters. The van der Waals surface area contributed by atoms with Gasteiger partial charge >= 0.3 is 10.8 Å². The molecular formula is C13H12N2O5S. The molecule has 0 spiro atoms. The summed E-state index contributed by atoms with van der Waals surface area (Å²) >= 11 is 1.00. The number of carboxylic acid groups (broad SMARTS) is 1. The summed E-state index contributed by atoms with van der Waals surface area (Å²) in [6.45, 7) is 1.56. The molecule has 2 rings (SSSR count). The van der Waals surface area contributed by atoms with Crippen LogP contribution < -0.4 is 10.2 Å². The van der Waals surface area contributed by atoms with Crippen molar-refractivity contribution >= 4 is 28.9 Å². The van der Waals surface area contributed by atoms with Crippen LogP contribution in [0.25, 0.3) is 0 Å². The molecule has 1 aromatic carbocycles. The van der Waals surface area contributed by atoms with Gasteiger partial charge in [0.05, 0.1) is 0 Å². The number of rotatable bonds is 4. The maximum Gasteiger partial charge on any atom is 0.339 e. The van der Waals surface area contributed by atoms with Crippen LogP contribution in [0.15, 0.2) is 28.4 Å². The number of benzene rings is 1. The first-order valence-corrected chi connectivity index (χ1v) is 6.77. The quantitative estimate of drug-likeness (QED) is 0.737. The lowest BCUT2D eigenvalue weighted by atomic mass is 10.2. The number of amides is 1. The van der Waals surface area contributed by atoms with Crippen LogP contribution in [0.4, 0.5) is 5.69 Å². The van der Waals surface area contributed by atoms with E-state index in [-0.39, 0.29) is 28.4 Å². The Bertz CT molecular complexity index is 762. The smallest absolute Gasteiger partial charge is 0.339 e. The number of anilines is 1. The monoisotopic (exact) mass is 308 g/mol. The molecule has 3 N–H and O–H groups in total. The van der Waals surface area contributed by atoms with Gasteiger partial charge in [-0.3, -0.25) is 14.2 Å². The topological polar surface area (TPSA) is 109 Å². The average Bonchev–Trinajstić information content (AvgIpc) is 2.72. The van der Waals surface area contributed by atoms with Crippen molar-refractivity contribution in [2.24, 2.45) is 0 Å². The molecule has 0 aliphatic rings. The van der Waals surface area contributed by atoms with E-state index in [2.05, 4.69) is 5.32 Å². The molecule has 110 valence electrons. The van der Waals surface area contributed by atoms with E-state index in [0.29, 0.717) is 5.69 Å². The molecule has 1 amide bonds. The number of aryl methyl sites for hydroxylation is 1. The van der Waals surface area contributed by atoms with Gasteiger partial charge in [0.15, 0.2) is 0 Å². The predicted molar refractivity (Wildman–Crippen MR) is 77.0 cm³/mol. The van der Waals surface area contributed by atoms with Gasteiger partial charge in [-0.2, -0.15) is 0 Å². The number of carbonyl (C=O) groups excluding carboxylic acids is 1. The molecule has 0 aliphatic carbocycles. The van der Waals surface area contributed by atoms with E-state index in [1.807, 2.05) is 0 Å². The summed E-state index contributed by atoms with van der Waals surface area (Å²) in [4.78, 5) is 34.0. The Hall–Kier alpha value is -2.61. The maximum atomic E-state index is 11.9. The molecule has 0 fully saturated rings. The third kappa shape index (κ3) is 3.29. The molecule has 2 aromatic rings. The van der Waals surface area contributed by atoms with E-state index in [0.717, 1.165) is 17.4 Å². The van der Waals surface area contributed by atoms with Crippen LogP contribution in [0.2, 0.25) is 0 Å². The van der Waals surface area contributed by atoms with Gasteiger partial charge in [-0.25, -0.2) is 4.79 Å². The molecule has 0 saturated heterocycles. The van der Waals surface area contributed by atoms with Gasteiger partial charge in [0.1, 0.15) is 17.9 Å². The van der Waals surface area contributed by atoms with Gasteiger partial charge in [-0.05, 0) is 25.1 Å². The number of aromatic carboxylic acids is 1. The van der Waals surface area contributed by atoms with Gasteiger partial charge in [0.2, 0.25) is 5.91 Å². The second-order valence-corrected chi connectivity index (χ2v) is 5.14. The number of nitrogens with one attached hydrogen (secondary N) is 1. The predicted octanol–water partition coefficient (Wildman–Crippen LogP) is 1.26. The molecule has 1 aromatic heterocycles. The molecule has 1 heterocycles. The number of hydrogen-bond donors (Lipinski definition) is 3. The van der Waals surface area contributed by atoms with Crippen molar-refractivity contribution in [1.29, 1.82) is 0 Å². The highest BCUT2D eigenvalue weighted by atomic mass is 32.1. The first-order chi connectivity index (χ1) is 9.88. The van der Waals surface area contributed by atoms with Crippen molar-refractivity contribution < 1.29 is 19.8 Å². The highest BCUT2D eigenvalue weighted by molar-refractivity contribution is 7.07. The van der Waals surface area contributed by atoms with E-state index in [9.17, 15) is 19.5 Å². The van der Waals surface area contributed by atoms with Gasteiger partial charge < -0.3 is 15.5 Å². The van der Waals surface area contributed by atoms with Crippen LogP contribution in [0.1, 0.15) is 16.1 Å². The van der Waals surface area contributed by atoms with Crippen molar-refractivity contribution in [3.05, 3.63) is 44.5 Å². The number of nitrogens with zero attached hydrogens (tertiary/aromatic N) is 1. The lowest BCUT2D eigenvalue weighted by molar-refractivity contribution is -0.116. The Labute approximate surface area is 123 Å². The zero-order valence-corrected chi connectivity index (χ0v) is 11.8. The van der Waals surface area contributed by atoms with Crippen LogP contribution in [0, 0.1) is 6.92 Å². The normalized spacial score (nSPS) is 10.3. The Morgan fingerprint density at radius 1 is 1.38 bits per heavy atom. The fourth-order valence-corrected chi connectivity index (χ4v) is 2.46. The molecule has 0 saturated carbocycles. The second-order valence-electron chi connectivity index (χ2n) is 4.31. The Morgan fingerprint density at radius 2 is 2.10 bits per heavy atom. The minimum absolute atomic E-state index is 0.155. The summed E-state index contributed by atoms with van der Waals surface area (Å²) in [6.07, 6.45) is 0. The van der Waals surface area contributed by atoms with E-state index >= 15 is 0 Å². The Morgan fingerprint density at radius 3 is 2.67 bits per heavy atom. The number of aromatic nitrogens is 1. The van der Waals surface area contributed by atoms with Crippen LogP contribution in [0.5, 0.6) is 5.75 Å². The molecule has 0 aliphatic heterocycles. The average molecular weight is 308 g/mol. The van der Waals surface area contributed by atoms with E-state index < -0.39 is 11.9 Å². The Balaban J connectivity index is 2.15. The SMILES string of the molecule is Cc1csc(=O)n1CC(=O)Nc1ccc(O)c(C(=O)O)c1. The third-order valence-electron chi connectivity index (χ3n) is 2.79. The standard InChI is InChI=1S/C13H12N2O5S/c1-7-6-21-13(20)15(7)5-11(17)14-8-2-3-10(16)9(4-8)12(18)19/h2-4,6,16H,5H2,1H3,(H,14,17)(H,18,19). The highest BCUT2D eigenvalue weighted by Crippen LogP contribution is 2.21. The number of phenols is 1. The van der Waals surface area contributed by atoms with Crippen molar-refractivity contribution in [2.45, 2.75) is 13.5 Å². The molecule has 21 heavy (non-hydrogen) atoms. The fraction of sp³-hybridized carbons (Fsp3) is 0.154. The fourth-order valence-electron chi connectivity index (χ4n) is 1.73. The largest absolute Gasteiger partial charge is 0.507 e. The summed E-state index contributed by atoms with van der Waals surface area (Å²) < 4.78 is 1.32. The lowest BCUT2D eigenvalue weighted by Crippen LogP contribution is -2.25. The number of thiazole rings is 1. The number of hydrogen-bond acceptors (Lipinski definition) is 5. The van der Waals surface area contributed by atoms with Crippen LogP contribution >= 0.6 is 11.3 Å². The minimum Gasteiger partial charge on any atom is -0.507 e. The van der Waals surface area contributed by atoms with Gasteiger partial charge in [0.25, 0.3) is 0 Å². The van der Waals surface area contributed by atoms with Crippen molar-refractivity contribution in [3.8, 4) is 5.75 Å². The number of carbonyl (C=O) groups is 2. The Kier molecular flexibility index (Phi) is 4.08. The maximum absolute atomic E-state index is 11.9. The molecular weight excluding hydrogens is 296 g/mol. The molecule has 8 heteroatoms. The molecule has 7 nitrogen and oxygen atoms in total. The molecule has 0 bridgehead atoms. The number of aromatic hydroxyl groups is 1. The molecule has 0 radical (unpaired) electrons. The molecule has 0 unspecified atom stereocenters. The minimum atomic E-state index is -1.30. The number of carboxylic acids is 1. The second kappa shape index (κ2) is 5.80. The summed E-state index contributed by atoms with van der Waals surface area (Å²) in [6, 6.07) is 3.71. The zero-order valence-electron chi connectivity index (χ0n) is 11.0. The van der Waals surface area contributed by atoms with Gasteiger partial charge in [0, 0.05) is 16.8 Å². The third-order valence-corrected chi connectivity index (χ3v) is 3.67.